The van der Waals surface area contributed by atoms with Crippen molar-refractivity contribution in [2.24, 2.45) is 38.2 Å². The number of aromatic nitrogens is 8. The first kappa shape index (κ1) is 116. The van der Waals surface area contributed by atoms with Gasteiger partial charge >= 0.3 is 35.8 Å². The molecule has 6 heterocycles. The monoisotopic (exact) mass is 1900 g/mol. The SMILES string of the molecule is C.C.C.CCC1(C#N)CC1.CCC1(CN)CC1.CCC1(CNC2CCCC2)CC1.CCOC(=O)C1(CN(c2nc(Cl)ncc2[N+](=O)[O-])C2CCCC2)CC1.CN1C(=O)C2(CC2)CN(C2CCCC2)c2nc(Cl)ncc21.C[C-]=O.O.O=C1CCCC1.O=C1Nc2cnc(Cl)nc2N(C2CCCC2)CC12CC2.O=C=O.O=C=O.O=C=O.O=[N+]([O-])c1cnc(Cl)nc1Cl.[Fe]. The number of fused-ring (bicyclic) bond motifs is 2. The van der Waals surface area contributed by atoms with E-state index in [0.717, 1.165) is 170 Å². The summed E-state index contributed by atoms with van der Waals surface area (Å²) in [5, 5.41) is 36.8. The van der Waals surface area contributed by atoms with Crippen molar-refractivity contribution in [3.05, 3.63) is 71.3 Å². The first-order valence-corrected chi connectivity index (χ1v) is 43.6. The molecule has 0 saturated heterocycles. The maximum absolute atomic E-state index is 12.7. The zero-order chi connectivity index (χ0) is 89.1. The molecule has 2 amide bonds. The molecule has 126 heavy (non-hydrogen) atoms. The second-order valence-electron chi connectivity index (χ2n) is 32.7. The number of carbonyl (C=O) groups excluding carboxylic acids is 11. The van der Waals surface area contributed by atoms with Crippen LogP contribution in [0.5, 0.6) is 0 Å². The Morgan fingerprint density at radius 2 is 1.05 bits per heavy atom. The molecule has 2 spiro atoms. The van der Waals surface area contributed by atoms with Crippen LogP contribution in [0.3, 0.4) is 0 Å². The minimum atomic E-state index is -0.682. The molecule has 11 saturated carbocycles. The third-order valence-electron chi connectivity index (χ3n) is 24.8. The van der Waals surface area contributed by atoms with Crippen molar-refractivity contribution in [2.75, 3.05) is 71.3 Å². The van der Waals surface area contributed by atoms with Crippen LogP contribution in [0.4, 0.5) is 40.2 Å². The Hall–Kier alpha value is -8.25. The fourth-order valence-electron chi connectivity index (χ4n) is 15.8. The average molecular weight is 1910 g/mol. The molecule has 0 aromatic carbocycles. The van der Waals surface area contributed by atoms with Crippen LogP contribution in [0.1, 0.15) is 282 Å². The zero-order valence-electron chi connectivity index (χ0n) is 70.7. The molecule has 35 nitrogen and oxygen atoms in total. The van der Waals surface area contributed by atoms with E-state index in [-0.39, 0.29) is 147 Å². The molecule has 17 rings (SSSR count). The molecule has 13 aliphatic rings. The van der Waals surface area contributed by atoms with Gasteiger partial charge in [-0.25, -0.2) is 19.9 Å². The Bertz CT molecular complexity index is 4220. The summed E-state index contributed by atoms with van der Waals surface area (Å²) in [5.74, 6) is 2.37. The largest absolute Gasteiger partial charge is 0.542 e. The molecule has 6 N–H and O–H groups in total. The third kappa shape index (κ3) is 34.6. The Balaban J connectivity index is 0.000000728. The first-order chi connectivity index (χ1) is 57.9. The van der Waals surface area contributed by atoms with Gasteiger partial charge in [0.15, 0.2) is 11.6 Å². The summed E-state index contributed by atoms with van der Waals surface area (Å²) in [7, 11) is 1.83. The molecule has 0 bridgehead atoms. The fourth-order valence-corrected chi connectivity index (χ4v) is 16.6. The average Bonchev–Trinajstić information content (AvgIpc) is 1.58. The van der Waals surface area contributed by atoms with Crippen LogP contribution in [0.15, 0.2) is 24.8 Å². The molecular weight excluding hydrogens is 1780 g/mol. The van der Waals surface area contributed by atoms with E-state index < -0.39 is 15.3 Å². The number of halogens is 5. The quantitative estimate of drug-likeness (QED) is 0.0168. The Labute approximate surface area is 774 Å². The second kappa shape index (κ2) is 56.3. The van der Waals surface area contributed by atoms with Crippen LogP contribution < -0.4 is 36.0 Å². The summed E-state index contributed by atoms with van der Waals surface area (Å²) in [6, 6.07) is 4.23. The van der Waals surface area contributed by atoms with Gasteiger partial charge in [-0.3, -0.25) is 45.7 Å². The Morgan fingerprint density at radius 1 is 0.619 bits per heavy atom. The van der Waals surface area contributed by atoms with Gasteiger partial charge in [0, 0.05) is 87.3 Å². The number of nitrogens with two attached hydrogens (primary N) is 1. The van der Waals surface area contributed by atoms with Crippen molar-refractivity contribution in [3.8, 4) is 6.07 Å². The number of anilines is 5. The number of nitrogens with one attached hydrogen (secondary N) is 2. The number of hydrogen-bond donors (Lipinski definition) is 3. The van der Waals surface area contributed by atoms with Gasteiger partial charge in [0.1, 0.15) is 29.6 Å². The van der Waals surface area contributed by atoms with Crippen molar-refractivity contribution < 1.29 is 89.9 Å². The molecule has 0 unspecified atom stereocenters. The van der Waals surface area contributed by atoms with Gasteiger partial charge in [0.2, 0.25) is 43.9 Å². The first-order valence-electron chi connectivity index (χ1n) is 41.7. The van der Waals surface area contributed by atoms with Gasteiger partial charge in [0.05, 0.1) is 56.6 Å². The van der Waals surface area contributed by atoms with Gasteiger partial charge in [-0.1, -0.05) is 106 Å². The minimum absolute atomic E-state index is 0. The Kier molecular flexibility index (Phi) is 51.7. The second-order valence-corrected chi connectivity index (χ2v) is 34.4. The van der Waals surface area contributed by atoms with Crippen molar-refractivity contribution in [2.45, 2.75) is 306 Å². The Morgan fingerprint density at radius 3 is 1.44 bits per heavy atom. The molecule has 4 aromatic rings. The van der Waals surface area contributed by atoms with Gasteiger partial charge < -0.3 is 51.0 Å². The number of ether oxygens (including phenoxy) is 1. The van der Waals surface area contributed by atoms with Crippen molar-refractivity contribution >= 4 is 147 Å². The molecule has 0 radical (unpaired) electrons. The molecule has 41 heteroatoms. The predicted octanol–water partition coefficient (Wildman–Crippen LogP) is 16.2. The zero-order valence-corrected chi connectivity index (χ0v) is 75.6. The van der Waals surface area contributed by atoms with E-state index in [1.54, 1.807) is 24.2 Å². The van der Waals surface area contributed by atoms with E-state index in [2.05, 4.69) is 87.1 Å². The van der Waals surface area contributed by atoms with E-state index in [0.29, 0.717) is 42.1 Å². The molecule has 0 atom stereocenters. The maximum Gasteiger partial charge on any atom is 0.373 e. The van der Waals surface area contributed by atoms with Crippen molar-refractivity contribution in [3.63, 3.8) is 0 Å². The van der Waals surface area contributed by atoms with Crippen molar-refractivity contribution in [1.82, 2.24) is 45.2 Å². The number of hydrogen-bond acceptors (Lipinski definition) is 30. The molecule has 2 aliphatic heterocycles. The van der Waals surface area contributed by atoms with Crippen LogP contribution in [-0.2, 0) is 74.5 Å². The fraction of sp³-hybridized carbons (Fsp3) is 0.706. The summed E-state index contributed by atoms with van der Waals surface area (Å²) in [6.45, 7) is 14.2. The van der Waals surface area contributed by atoms with Gasteiger partial charge in [-0.15, -0.1) is 0 Å². The number of nitrogens with zero attached hydrogens (tertiary/aromatic N) is 15. The van der Waals surface area contributed by atoms with E-state index in [9.17, 15) is 39.4 Å². The van der Waals surface area contributed by atoms with E-state index in [1.165, 1.54) is 135 Å². The summed E-state index contributed by atoms with van der Waals surface area (Å²) in [5.41, 5.74) is 6.92. The number of rotatable bonds is 17. The number of nitriles is 1. The number of nitro groups is 2. The summed E-state index contributed by atoms with van der Waals surface area (Å²) in [6.07, 6.45) is 48.1. The van der Waals surface area contributed by atoms with Crippen LogP contribution >= 0.6 is 58.0 Å². The van der Waals surface area contributed by atoms with E-state index in [1.807, 2.05) is 11.9 Å². The topological polar surface area (TPSA) is 505 Å². The van der Waals surface area contributed by atoms with Crippen LogP contribution in [-0.4, -0.2) is 174 Å². The normalized spacial score (nSPS) is 19.2. The number of carbonyl (C=O) groups is 4. The number of ketones is 1. The molecule has 11 aliphatic carbocycles. The number of amides is 2. The van der Waals surface area contributed by atoms with Gasteiger partial charge in [0.25, 0.3) is 0 Å². The molecule has 702 valence electrons. The number of esters is 1. The van der Waals surface area contributed by atoms with E-state index in [4.69, 9.17) is 107 Å². The third-order valence-corrected chi connectivity index (χ3v) is 25.8. The number of Topliss-reactive ketones (excluding diaryl/α,β-unsaturated/α-hetero) is 1. The molecule has 11 fully saturated rings. The maximum atomic E-state index is 12.7. The van der Waals surface area contributed by atoms with Crippen LogP contribution in [0.25, 0.3) is 0 Å². The van der Waals surface area contributed by atoms with E-state index >= 15 is 0 Å². The van der Waals surface area contributed by atoms with Crippen LogP contribution in [0.2, 0.25) is 26.3 Å². The van der Waals surface area contributed by atoms with Crippen molar-refractivity contribution in [1.29, 1.82) is 5.26 Å². The van der Waals surface area contributed by atoms with Gasteiger partial charge in [-0.2, -0.15) is 60.9 Å². The summed E-state index contributed by atoms with van der Waals surface area (Å²) < 4.78 is 5.21. The summed E-state index contributed by atoms with van der Waals surface area (Å²) in [4.78, 5) is 165. The summed E-state index contributed by atoms with van der Waals surface area (Å²) >= 11 is 28.5. The smallest absolute Gasteiger partial charge is 0.373 e. The molecule has 4 aromatic heterocycles. The molecular formula is C85H126Cl5FeN18O17-. The van der Waals surface area contributed by atoms with Crippen LogP contribution in [0, 0.1) is 64.0 Å². The predicted molar refractivity (Wildman–Crippen MR) is 473 cm³/mol. The standard InChI is InChI=1S/C16H21ClN4O4.C15H19ClN4O.C14H17ClN4O.C11H21N.C6H13N.C6H9N.C5H8O.C4HCl2N3O2.C2H3O.3CO2.3CH4.Fe.H2O/c1-2-25-14(22)16(7-8-16)10-20(11-5-3-4-6-11)13-12(21(23)24)9-18-15(17)19-13;1-19-11-8-17-14(16)18-12(11)20(10-4-2-3-5-10)9-15(6-7-15)13(19)21;15-13-16-7-10-11(18-13)19(9-3-1-2-4-9)8-14(5-6-14)12(20)17-10;1-2-11(7-8-11)9-12-10-5-3-4-6-10;2*1-2-6(5-7)3-4-6;6-5-3-1-2-4-5;5-3-2(9(10)11)1-7-4(6)8-3;1-2-3;3*2-1-3;;;;;/h9,11H,2-8,10H2,1H3;8,10H,2-7,9H2,1H3;7,9H,1-6,8H2,(H,17,20);10,12H,2-9H2,1H3;2-5,7H2,1H3;2-4H2,1H3;1-4H2;1H;1H3;;;;3*1H4;;1H2/q;;;;;;;;-1;;;;;;;;. The minimum Gasteiger partial charge on any atom is -0.542 e. The van der Waals surface area contributed by atoms with Gasteiger partial charge in [-0.05, 0) is 231 Å².